The summed E-state index contributed by atoms with van der Waals surface area (Å²) in [4.78, 5) is 0. The van der Waals surface area contributed by atoms with Crippen molar-refractivity contribution < 1.29 is 0 Å². The first-order valence-corrected chi connectivity index (χ1v) is 6.02. The van der Waals surface area contributed by atoms with Crippen LogP contribution in [0, 0.1) is 5.92 Å². The fourth-order valence-corrected chi connectivity index (χ4v) is 2.87. The largest absolute Gasteiger partial charge is 0.330 e. The van der Waals surface area contributed by atoms with E-state index in [-0.39, 0.29) is 0 Å². The molecule has 16 heavy (non-hydrogen) atoms. The molecule has 3 rings (SSSR count). The number of nitrogens with zero attached hydrogens (tertiary/aromatic N) is 2. The summed E-state index contributed by atoms with van der Waals surface area (Å²) in [5, 5.41) is 5.76. The first kappa shape index (κ1) is 9.85. The van der Waals surface area contributed by atoms with Crippen molar-refractivity contribution >= 4 is 10.9 Å². The Morgan fingerprint density at radius 2 is 2.19 bits per heavy atom. The molecule has 0 radical (unpaired) electrons. The van der Waals surface area contributed by atoms with E-state index in [1.165, 1.54) is 30.2 Å². The van der Waals surface area contributed by atoms with Crippen LogP contribution >= 0.6 is 0 Å². The molecule has 3 nitrogen and oxygen atoms in total. The van der Waals surface area contributed by atoms with Gasteiger partial charge < -0.3 is 5.73 Å². The number of nitrogens with two attached hydrogens (primary N) is 1. The Kier molecular flexibility index (Phi) is 2.40. The molecule has 2 atom stereocenters. The third-order valence-electron chi connectivity index (χ3n) is 3.74. The smallest absolute Gasteiger partial charge is 0.0685 e. The summed E-state index contributed by atoms with van der Waals surface area (Å²) in [7, 11) is 0. The van der Waals surface area contributed by atoms with Gasteiger partial charge in [-0.05, 0) is 31.4 Å². The quantitative estimate of drug-likeness (QED) is 0.835. The molecule has 1 saturated carbocycles. The van der Waals surface area contributed by atoms with E-state index in [0.717, 1.165) is 6.54 Å². The van der Waals surface area contributed by atoms with Crippen LogP contribution < -0.4 is 5.73 Å². The van der Waals surface area contributed by atoms with E-state index < -0.39 is 0 Å². The van der Waals surface area contributed by atoms with Crippen molar-refractivity contribution in [3.05, 3.63) is 30.5 Å². The molecule has 1 aliphatic carbocycles. The second-order valence-electron chi connectivity index (χ2n) is 4.64. The van der Waals surface area contributed by atoms with Crippen LogP contribution in [0.2, 0.25) is 0 Å². The molecule has 0 aliphatic heterocycles. The summed E-state index contributed by atoms with van der Waals surface area (Å²) in [5.74, 6) is 0.600. The highest BCUT2D eigenvalue weighted by molar-refractivity contribution is 5.78. The minimum atomic E-state index is 0.505. The topological polar surface area (TPSA) is 43.8 Å². The monoisotopic (exact) mass is 215 g/mol. The van der Waals surface area contributed by atoms with Crippen molar-refractivity contribution in [1.82, 2.24) is 9.78 Å². The van der Waals surface area contributed by atoms with Crippen molar-refractivity contribution in [3.63, 3.8) is 0 Å². The van der Waals surface area contributed by atoms with Crippen LogP contribution in [-0.4, -0.2) is 16.3 Å². The second kappa shape index (κ2) is 3.91. The minimum absolute atomic E-state index is 0.505. The highest BCUT2D eigenvalue weighted by Gasteiger charge is 2.28. The van der Waals surface area contributed by atoms with Gasteiger partial charge in [0.15, 0.2) is 0 Å². The van der Waals surface area contributed by atoms with Crippen LogP contribution in [0.5, 0.6) is 0 Å². The van der Waals surface area contributed by atoms with Crippen molar-refractivity contribution in [2.45, 2.75) is 25.3 Å². The zero-order valence-electron chi connectivity index (χ0n) is 9.34. The number of benzene rings is 1. The van der Waals surface area contributed by atoms with Crippen molar-refractivity contribution in [3.8, 4) is 0 Å². The Bertz CT molecular complexity index is 489. The normalized spacial score (nSPS) is 25.3. The molecule has 2 aromatic rings. The maximum absolute atomic E-state index is 5.83. The number of hydrogen-bond donors (Lipinski definition) is 1. The zero-order chi connectivity index (χ0) is 11.0. The van der Waals surface area contributed by atoms with Gasteiger partial charge in [0.25, 0.3) is 0 Å². The van der Waals surface area contributed by atoms with Crippen molar-refractivity contribution in [2.24, 2.45) is 11.7 Å². The van der Waals surface area contributed by atoms with Crippen LogP contribution in [-0.2, 0) is 0 Å². The Morgan fingerprint density at radius 3 is 3.06 bits per heavy atom. The molecular weight excluding hydrogens is 198 g/mol. The average molecular weight is 215 g/mol. The summed E-state index contributed by atoms with van der Waals surface area (Å²) in [5.41, 5.74) is 7.08. The van der Waals surface area contributed by atoms with Crippen molar-refractivity contribution in [1.29, 1.82) is 0 Å². The first-order valence-electron chi connectivity index (χ1n) is 6.02. The maximum atomic E-state index is 5.83. The first-order chi connectivity index (χ1) is 7.90. The van der Waals surface area contributed by atoms with Gasteiger partial charge in [-0.15, -0.1) is 0 Å². The molecule has 1 aliphatic rings. The van der Waals surface area contributed by atoms with E-state index in [2.05, 4.69) is 34.0 Å². The maximum Gasteiger partial charge on any atom is 0.0685 e. The standard InChI is InChI=1S/C13H17N3/c14-8-10-5-3-7-12(10)16-13-6-2-1-4-11(13)9-15-16/h1-2,4,6,9-10,12H,3,5,7-8,14H2. The fraction of sp³-hybridized carbons (Fsp3) is 0.462. The molecule has 0 saturated heterocycles. The van der Waals surface area contributed by atoms with Gasteiger partial charge in [0.05, 0.1) is 17.8 Å². The molecule has 1 aromatic carbocycles. The zero-order valence-corrected chi connectivity index (χ0v) is 9.34. The Labute approximate surface area is 95.2 Å². The van der Waals surface area contributed by atoms with E-state index in [1.54, 1.807) is 0 Å². The van der Waals surface area contributed by atoms with Crippen molar-refractivity contribution in [2.75, 3.05) is 6.54 Å². The van der Waals surface area contributed by atoms with Gasteiger partial charge in [-0.2, -0.15) is 5.10 Å². The third kappa shape index (κ3) is 1.43. The molecule has 84 valence electrons. The fourth-order valence-electron chi connectivity index (χ4n) is 2.87. The minimum Gasteiger partial charge on any atom is -0.330 e. The molecule has 2 N–H and O–H groups in total. The van der Waals surface area contributed by atoms with Crippen LogP contribution in [0.4, 0.5) is 0 Å². The van der Waals surface area contributed by atoms with Gasteiger partial charge in [0.2, 0.25) is 0 Å². The molecule has 1 aromatic heterocycles. The second-order valence-corrected chi connectivity index (χ2v) is 4.64. The predicted octanol–water partition coefficient (Wildman–Crippen LogP) is 2.34. The van der Waals surface area contributed by atoms with E-state index >= 15 is 0 Å². The summed E-state index contributed by atoms with van der Waals surface area (Å²) in [6.07, 6.45) is 5.70. The average Bonchev–Trinajstić information content (AvgIpc) is 2.94. The summed E-state index contributed by atoms with van der Waals surface area (Å²) in [6.45, 7) is 0.777. The summed E-state index contributed by atoms with van der Waals surface area (Å²) >= 11 is 0. The summed E-state index contributed by atoms with van der Waals surface area (Å²) < 4.78 is 2.18. The van der Waals surface area contributed by atoms with Gasteiger partial charge >= 0.3 is 0 Å². The summed E-state index contributed by atoms with van der Waals surface area (Å²) in [6, 6.07) is 8.90. The Morgan fingerprint density at radius 1 is 1.31 bits per heavy atom. The molecule has 2 unspecified atom stereocenters. The molecule has 1 fully saturated rings. The number of rotatable bonds is 2. The molecule has 3 heteroatoms. The Hall–Kier alpha value is -1.35. The van der Waals surface area contributed by atoms with E-state index in [9.17, 15) is 0 Å². The SMILES string of the molecule is NCC1CCCC1n1ncc2ccccc21. The van der Waals surface area contributed by atoms with Crippen LogP contribution in [0.15, 0.2) is 30.5 Å². The van der Waals surface area contributed by atoms with E-state index in [0.29, 0.717) is 12.0 Å². The van der Waals surface area contributed by atoms with Gasteiger partial charge in [0, 0.05) is 5.39 Å². The molecule has 1 heterocycles. The Balaban J connectivity index is 2.05. The number of aromatic nitrogens is 2. The number of para-hydroxylation sites is 1. The highest BCUT2D eigenvalue weighted by atomic mass is 15.3. The molecule has 0 spiro atoms. The number of hydrogen-bond acceptors (Lipinski definition) is 2. The molecule has 0 bridgehead atoms. The van der Waals surface area contributed by atoms with Crippen LogP contribution in [0.25, 0.3) is 10.9 Å². The van der Waals surface area contributed by atoms with Gasteiger partial charge in [-0.1, -0.05) is 24.6 Å². The predicted molar refractivity (Wildman–Crippen MR) is 65.2 cm³/mol. The lowest BCUT2D eigenvalue weighted by atomic mass is 10.0. The lowest BCUT2D eigenvalue weighted by Gasteiger charge is -2.19. The van der Waals surface area contributed by atoms with Gasteiger partial charge in [-0.25, -0.2) is 0 Å². The molecular formula is C13H17N3. The van der Waals surface area contributed by atoms with Crippen LogP contribution in [0.3, 0.4) is 0 Å². The molecule has 0 amide bonds. The highest BCUT2D eigenvalue weighted by Crippen LogP contribution is 2.36. The lowest BCUT2D eigenvalue weighted by molar-refractivity contribution is 0.367. The van der Waals surface area contributed by atoms with Crippen LogP contribution in [0.1, 0.15) is 25.3 Å². The van der Waals surface area contributed by atoms with Gasteiger partial charge in [0.1, 0.15) is 0 Å². The number of fused-ring (bicyclic) bond motifs is 1. The lowest BCUT2D eigenvalue weighted by Crippen LogP contribution is -2.22. The van der Waals surface area contributed by atoms with E-state index in [1.807, 2.05) is 6.20 Å². The van der Waals surface area contributed by atoms with Gasteiger partial charge in [-0.3, -0.25) is 4.68 Å². The third-order valence-corrected chi connectivity index (χ3v) is 3.74. The van der Waals surface area contributed by atoms with E-state index in [4.69, 9.17) is 5.73 Å².